The molecule has 0 bridgehead atoms. The Hall–Kier alpha value is -1.74. The van der Waals surface area contributed by atoms with Gasteiger partial charge < -0.3 is 5.32 Å². The highest BCUT2D eigenvalue weighted by Gasteiger charge is 2.17. The van der Waals surface area contributed by atoms with Crippen molar-refractivity contribution in [1.29, 1.82) is 0 Å². The minimum Gasteiger partial charge on any atom is -0.317 e. The average Bonchev–Trinajstić information content (AvgIpc) is 2.50. The monoisotopic (exact) mass is 281 g/mol. The summed E-state index contributed by atoms with van der Waals surface area (Å²) < 4.78 is 0. The number of piperidine rings is 1. The minimum atomic E-state index is 0.588. The minimum absolute atomic E-state index is 0.588. The van der Waals surface area contributed by atoms with E-state index in [9.17, 15) is 0 Å². The Morgan fingerprint density at radius 2 is 1.76 bits per heavy atom. The van der Waals surface area contributed by atoms with Gasteiger partial charge in [0.25, 0.3) is 0 Å². The standard InChI is InChI=1S/C18H23N3/c1-13-3-5-15(6-4-13)11-17-12-18(21-14(2)20-17)16-7-9-19-10-8-16/h3-6,12,16,19H,7-11H2,1-2H3. The highest BCUT2D eigenvalue weighted by molar-refractivity contribution is 5.27. The van der Waals surface area contributed by atoms with Crippen molar-refractivity contribution < 1.29 is 0 Å². The van der Waals surface area contributed by atoms with Crippen molar-refractivity contribution in [3.05, 3.63) is 58.7 Å². The van der Waals surface area contributed by atoms with E-state index >= 15 is 0 Å². The zero-order chi connectivity index (χ0) is 14.7. The number of nitrogens with zero attached hydrogens (tertiary/aromatic N) is 2. The van der Waals surface area contributed by atoms with Crippen LogP contribution in [0.5, 0.6) is 0 Å². The van der Waals surface area contributed by atoms with Crippen LogP contribution < -0.4 is 5.32 Å². The summed E-state index contributed by atoms with van der Waals surface area (Å²) in [7, 11) is 0. The molecule has 1 aromatic carbocycles. The third-order valence-electron chi connectivity index (χ3n) is 4.17. The van der Waals surface area contributed by atoms with Gasteiger partial charge in [-0.25, -0.2) is 9.97 Å². The largest absolute Gasteiger partial charge is 0.317 e. The van der Waals surface area contributed by atoms with Gasteiger partial charge >= 0.3 is 0 Å². The second-order valence-electron chi connectivity index (χ2n) is 6.02. The maximum atomic E-state index is 4.67. The van der Waals surface area contributed by atoms with Crippen LogP contribution >= 0.6 is 0 Å². The Kier molecular flexibility index (Phi) is 4.30. The first-order valence-corrected chi connectivity index (χ1v) is 7.81. The Bertz CT molecular complexity index is 598. The lowest BCUT2D eigenvalue weighted by Gasteiger charge is -2.22. The number of aryl methyl sites for hydroxylation is 2. The van der Waals surface area contributed by atoms with Gasteiger partial charge in [-0.3, -0.25) is 0 Å². The van der Waals surface area contributed by atoms with Crippen molar-refractivity contribution >= 4 is 0 Å². The van der Waals surface area contributed by atoms with Crippen molar-refractivity contribution in [3.8, 4) is 0 Å². The normalized spacial score (nSPS) is 16.1. The molecule has 3 rings (SSSR count). The molecule has 0 spiro atoms. The molecule has 0 aliphatic carbocycles. The van der Waals surface area contributed by atoms with Crippen LogP contribution in [0.4, 0.5) is 0 Å². The molecule has 110 valence electrons. The quantitative estimate of drug-likeness (QED) is 0.939. The van der Waals surface area contributed by atoms with Crippen LogP contribution in [0.15, 0.2) is 30.3 Å². The van der Waals surface area contributed by atoms with E-state index in [4.69, 9.17) is 0 Å². The van der Waals surface area contributed by atoms with Crippen molar-refractivity contribution in [1.82, 2.24) is 15.3 Å². The third-order valence-corrected chi connectivity index (χ3v) is 4.17. The van der Waals surface area contributed by atoms with Crippen molar-refractivity contribution in [2.24, 2.45) is 0 Å². The highest BCUT2D eigenvalue weighted by atomic mass is 14.9. The predicted molar refractivity (Wildman–Crippen MR) is 85.6 cm³/mol. The first kappa shape index (κ1) is 14.2. The summed E-state index contributed by atoms with van der Waals surface area (Å²) in [6.07, 6.45) is 3.25. The number of rotatable bonds is 3. The van der Waals surface area contributed by atoms with Gasteiger partial charge in [0, 0.05) is 23.7 Å². The van der Waals surface area contributed by atoms with Crippen LogP contribution in [-0.2, 0) is 6.42 Å². The summed E-state index contributed by atoms with van der Waals surface area (Å²) in [5.74, 6) is 1.48. The summed E-state index contributed by atoms with van der Waals surface area (Å²) in [4.78, 5) is 9.29. The van der Waals surface area contributed by atoms with Crippen LogP contribution in [0.3, 0.4) is 0 Å². The van der Waals surface area contributed by atoms with Gasteiger partial charge in [0.2, 0.25) is 0 Å². The summed E-state index contributed by atoms with van der Waals surface area (Å²) in [6, 6.07) is 10.9. The topological polar surface area (TPSA) is 37.8 Å². The molecule has 1 aliphatic rings. The van der Waals surface area contributed by atoms with Crippen molar-refractivity contribution in [3.63, 3.8) is 0 Å². The van der Waals surface area contributed by atoms with E-state index in [1.165, 1.54) is 29.7 Å². The van der Waals surface area contributed by atoms with E-state index in [1.807, 2.05) is 6.92 Å². The highest BCUT2D eigenvalue weighted by Crippen LogP contribution is 2.24. The van der Waals surface area contributed by atoms with Gasteiger partial charge in [-0.15, -0.1) is 0 Å². The van der Waals surface area contributed by atoms with Gasteiger partial charge in [0.15, 0.2) is 0 Å². The first-order valence-electron chi connectivity index (χ1n) is 7.81. The predicted octanol–water partition coefficient (Wildman–Crippen LogP) is 3.15. The van der Waals surface area contributed by atoms with Crippen LogP contribution in [0.25, 0.3) is 0 Å². The van der Waals surface area contributed by atoms with Crippen LogP contribution in [0.1, 0.15) is 47.1 Å². The zero-order valence-corrected chi connectivity index (χ0v) is 12.9. The molecule has 21 heavy (non-hydrogen) atoms. The Labute approximate surface area is 126 Å². The summed E-state index contributed by atoms with van der Waals surface area (Å²) in [6.45, 7) is 6.32. The van der Waals surface area contributed by atoms with E-state index in [2.05, 4.69) is 52.5 Å². The fraction of sp³-hybridized carbons (Fsp3) is 0.444. The second-order valence-corrected chi connectivity index (χ2v) is 6.02. The molecule has 3 nitrogen and oxygen atoms in total. The maximum Gasteiger partial charge on any atom is 0.125 e. The molecule has 1 N–H and O–H groups in total. The van der Waals surface area contributed by atoms with Crippen LogP contribution in [-0.4, -0.2) is 23.1 Å². The summed E-state index contributed by atoms with van der Waals surface area (Å²) in [5, 5.41) is 3.42. The van der Waals surface area contributed by atoms with Gasteiger partial charge in [-0.2, -0.15) is 0 Å². The molecule has 0 radical (unpaired) electrons. The molecule has 0 saturated carbocycles. The van der Waals surface area contributed by atoms with Crippen LogP contribution in [0, 0.1) is 13.8 Å². The molecule has 1 saturated heterocycles. The summed E-state index contributed by atoms with van der Waals surface area (Å²) >= 11 is 0. The lowest BCUT2D eigenvalue weighted by molar-refractivity contribution is 0.451. The Balaban J connectivity index is 1.81. The molecule has 1 aliphatic heterocycles. The van der Waals surface area contributed by atoms with Gasteiger partial charge in [0.1, 0.15) is 5.82 Å². The molecule has 2 heterocycles. The van der Waals surface area contributed by atoms with Gasteiger partial charge in [0.05, 0.1) is 0 Å². The fourth-order valence-corrected chi connectivity index (χ4v) is 2.99. The molecule has 1 fully saturated rings. The van der Waals surface area contributed by atoms with E-state index in [0.717, 1.165) is 31.0 Å². The lowest BCUT2D eigenvalue weighted by atomic mass is 9.93. The smallest absolute Gasteiger partial charge is 0.125 e. The lowest BCUT2D eigenvalue weighted by Crippen LogP contribution is -2.27. The number of hydrogen-bond acceptors (Lipinski definition) is 3. The maximum absolute atomic E-state index is 4.67. The van der Waals surface area contributed by atoms with E-state index in [0.29, 0.717) is 5.92 Å². The second kappa shape index (κ2) is 6.35. The zero-order valence-electron chi connectivity index (χ0n) is 12.9. The Morgan fingerprint density at radius 1 is 1.05 bits per heavy atom. The average molecular weight is 281 g/mol. The van der Waals surface area contributed by atoms with Crippen molar-refractivity contribution in [2.45, 2.75) is 39.0 Å². The van der Waals surface area contributed by atoms with E-state index in [-0.39, 0.29) is 0 Å². The number of hydrogen-bond donors (Lipinski definition) is 1. The van der Waals surface area contributed by atoms with E-state index < -0.39 is 0 Å². The van der Waals surface area contributed by atoms with Gasteiger partial charge in [-0.05, 0) is 51.4 Å². The summed E-state index contributed by atoms with van der Waals surface area (Å²) in [5.41, 5.74) is 4.98. The molecule has 0 atom stereocenters. The molecule has 1 aromatic heterocycles. The first-order chi connectivity index (χ1) is 10.2. The molecule has 2 aromatic rings. The number of benzene rings is 1. The third kappa shape index (κ3) is 3.67. The molecular weight excluding hydrogens is 258 g/mol. The molecule has 3 heteroatoms. The SMILES string of the molecule is Cc1ccc(Cc2cc(C3CCNCC3)nc(C)n2)cc1. The molecule has 0 amide bonds. The number of aromatic nitrogens is 2. The van der Waals surface area contributed by atoms with Crippen LogP contribution in [0.2, 0.25) is 0 Å². The van der Waals surface area contributed by atoms with E-state index in [1.54, 1.807) is 0 Å². The van der Waals surface area contributed by atoms with Crippen molar-refractivity contribution in [2.75, 3.05) is 13.1 Å². The molecular formula is C18H23N3. The Morgan fingerprint density at radius 3 is 2.48 bits per heavy atom. The number of nitrogens with one attached hydrogen (secondary N) is 1. The van der Waals surface area contributed by atoms with Gasteiger partial charge in [-0.1, -0.05) is 29.8 Å². The fourth-order valence-electron chi connectivity index (χ4n) is 2.99. The molecule has 0 unspecified atom stereocenters.